The van der Waals surface area contributed by atoms with Gasteiger partial charge in [0.15, 0.2) is 0 Å². The molecule has 2 unspecified atom stereocenters. The number of carboxylic acid groups (broad SMARTS) is 2. The van der Waals surface area contributed by atoms with Gasteiger partial charge in [-0.05, 0) is 12.8 Å². The monoisotopic (exact) mass is 255 g/mol. The van der Waals surface area contributed by atoms with Crippen molar-refractivity contribution in [2.24, 2.45) is 11.8 Å². The fraction of sp³-hybridized carbons (Fsp3) is 0.583. The summed E-state index contributed by atoms with van der Waals surface area (Å²) in [7, 11) is 0. The lowest BCUT2D eigenvalue weighted by atomic mass is 9.85. The third-order valence-corrected chi connectivity index (χ3v) is 3.16. The van der Waals surface area contributed by atoms with E-state index in [0.717, 1.165) is 0 Å². The van der Waals surface area contributed by atoms with E-state index in [1.165, 1.54) is 4.90 Å². The van der Waals surface area contributed by atoms with Gasteiger partial charge in [0.1, 0.15) is 0 Å². The standard InChI is InChI=1S/C12H17NO5/c1-2-3-4-10(14)13-6-5-8(11(15)16)9(7-13)12(17)18/h2,8-9H,1,3-7H2,(H,15,16)(H,17,18). The minimum Gasteiger partial charge on any atom is -0.481 e. The van der Waals surface area contributed by atoms with Crippen molar-refractivity contribution >= 4 is 17.8 Å². The van der Waals surface area contributed by atoms with Crippen molar-refractivity contribution in [3.63, 3.8) is 0 Å². The molecule has 1 amide bonds. The summed E-state index contributed by atoms with van der Waals surface area (Å²) >= 11 is 0. The highest BCUT2D eigenvalue weighted by Crippen LogP contribution is 2.25. The van der Waals surface area contributed by atoms with Crippen LogP contribution in [0.5, 0.6) is 0 Å². The summed E-state index contributed by atoms with van der Waals surface area (Å²) in [6.45, 7) is 3.79. The van der Waals surface area contributed by atoms with Crippen LogP contribution in [0, 0.1) is 11.8 Å². The smallest absolute Gasteiger partial charge is 0.309 e. The summed E-state index contributed by atoms with van der Waals surface area (Å²) in [5.41, 5.74) is 0. The lowest BCUT2D eigenvalue weighted by molar-refractivity contribution is -0.159. The molecule has 1 heterocycles. The Bertz CT molecular complexity index is 365. The van der Waals surface area contributed by atoms with Crippen LogP contribution in [-0.2, 0) is 14.4 Å². The van der Waals surface area contributed by atoms with Gasteiger partial charge in [-0.25, -0.2) is 0 Å². The SMILES string of the molecule is C=CCCC(=O)N1CCC(C(=O)O)C(C(=O)O)C1. The average Bonchev–Trinajstić information content (AvgIpc) is 2.34. The maximum atomic E-state index is 11.7. The number of rotatable bonds is 5. The van der Waals surface area contributed by atoms with Crippen LogP contribution in [0.2, 0.25) is 0 Å². The fourth-order valence-corrected chi connectivity index (χ4v) is 2.11. The van der Waals surface area contributed by atoms with Crippen LogP contribution in [0.4, 0.5) is 0 Å². The zero-order valence-corrected chi connectivity index (χ0v) is 10.0. The topological polar surface area (TPSA) is 94.9 Å². The van der Waals surface area contributed by atoms with Crippen molar-refractivity contribution in [1.29, 1.82) is 0 Å². The molecule has 0 spiro atoms. The molecule has 0 saturated carbocycles. The summed E-state index contributed by atoms with van der Waals surface area (Å²) in [4.78, 5) is 35.1. The quantitative estimate of drug-likeness (QED) is 0.701. The molecule has 0 aliphatic carbocycles. The van der Waals surface area contributed by atoms with Gasteiger partial charge < -0.3 is 15.1 Å². The predicted molar refractivity (Wildman–Crippen MR) is 62.9 cm³/mol. The second-order valence-electron chi connectivity index (χ2n) is 4.35. The van der Waals surface area contributed by atoms with Crippen LogP contribution in [-0.4, -0.2) is 46.0 Å². The van der Waals surface area contributed by atoms with Crippen LogP contribution in [0.25, 0.3) is 0 Å². The van der Waals surface area contributed by atoms with E-state index in [1.807, 2.05) is 0 Å². The molecule has 100 valence electrons. The fourth-order valence-electron chi connectivity index (χ4n) is 2.11. The molecule has 0 aromatic carbocycles. The van der Waals surface area contributed by atoms with Gasteiger partial charge in [-0.2, -0.15) is 0 Å². The molecule has 1 saturated heterocycles. The number of allylic oxidation sites excluding steroid dienone is 1. The van der Waals surface area contributed by atoms with Crippen molar-refractivity contribution in [1.82, 2.24) is 4.90 Å². The third kappa shape index (κ3) is 3.32. The number of aliphatic carboxylic acids is 2. The Kier molecular flexibility index (Phi) is 4.88. The van der Waals surface area contributed by atoms with Crippen molar-refractivity contribution in [2.45, 2.75) is 19.3 Å². The number of carboxylic acids is 2. The van der Waals surface area contributed by atoms with E-state index in [4.69, 9.17) is 10.2 Å². The molecule has 0 radical (unpaired) electrons. The molecule has 1 aliphatic rings. The minimum absolute atomic E-state index is 0.0255. The van der Waals surface area contributed by atoms with Gasteiger partial charge in [0.2, 0.25) is 5.91 Å². The third-order valence-electron chi connectivity index (χ3n) is 3.16. The highest BCUT2D eigenvalue weighted by molar-refractivity contribution is 5.82. The van der Waals surface area contributed by atoms with Crippen molar-refractivity contribution in [3.05, 3.63) is 12.7 Å². The van der Waals surface area contributed by atoms with Gasteiger partial charge in [-0.1, -0.05) is 6.08 Å². The first kappa shape index (κ1) is 14.2. The summed E-state index contributed by atoms with van der Waals surface area (Å²) in [6, 6.07) is 0. The molecule has 2 N–H and O–H groups in total. The molecule has 2 atom stereocenters. The summed E-state index contributed by atoms with van der Waals surface area (Å²) in [5, 5.41) is 18.0. The van der Waals surface area contributed by atoms with E-state index < -0.39 is 23.8 Å². The van der Waals surface area contributed by atoms with Crippen molar-refractivity contribution < 1.29 is 24.6 Å². The van der Waals surface area contributed by atoms with Gasteiger partial charge in [0.05, 0.1) is 11.8 Å². The van der Waals surface area contributed by atoms with Gasteiger partial charge in [-0.15, -0.1) is 6.58 Å². The highest BCUT2D eigenvalue weighted by Gasteiger charge is 2.39. The number of carbonyl (C=O) groups excluding carboxylic acids is 1. The molecule has 1 rings (SSSR count). The highest BCUT2D eigenvalue weighted by atomic mass is 16.4. The van der Waals surface area contributed by atoms with E-state index in [2.05, 4.69) is 6.58 Å². The number of nitrogens with zero attached hydrogens (tertiary/aromatic N) is 1. The second kappa shape index (κ2) is 6.18. The molecule has 6 heteroatoms. The van der Waals surface area contributed by atoms with Crippen LogP contribution in [0.1, 0.15) is 19.3 Å². The number of amides is 1. The largest absolute Gasteiger partial charge is 0.481 e. The molecule has 0 aromatic rings. The van der Waals surface area contributed by atoms with E-state index in [1.54, 1.807) is 6.08 Å². The number of hydrogen-bond acceptors (Lipinski definition) is 3. The number of likely N-dealkylation sites (tertiary alicyclic amines) is 1. The van der Waals surface area contributed by atoms with Crippen LogP contribution in [0.3, 0.4) is 0 Å². The van der Waals surface area contributed by atoms with Gasteiger partial charge in [0, 0.05) is 19.5 Å². The lowest BCUT2D eigenvalue weighted by Gasteiger charge is -2.34. The van der Waals surface area contributed by atoms with E-state index in [9.17, 15) is 14.4 Å². The Morgan fingerprint density at radius 2 is 1.83 bits per heavy atom. The first-order valence-corrected chi connectivity index (χ1v) is 5.81. The van der Waals surface area contributed by atoms with Crippen LogP contribution in [0.15, 0.2) is 12.7 Å². The second-order valence-corrected chi connectivity index (χ2v) is 4.35. The molecule has 1 fully saturated rings. The number of carbonyl (C=O) groups is 3. The Morgan fingerprint density at radius 3 is 2.33 bits per heavy atom. The average molecular weight is 255 g/mol. The molecular formula is C12H17NO5. The minimum atomic E-state index is -1.16. The first-order valence-electron chi connectivity index (χ1n) is 5.81. The van der Waals surface area contributed by atoms with Crippen LogP contribution >= 0.6 is 0 Å². The zero-order valence-electron chi connectivity index (χ0n) is 10.0. The Hall–Kier alpha value is -1.85. The van der Waals surface area contributed by atoms with Crippen molar-refractivity contribution in [3.8, 4) is 0 Å². The normalized spacial score (nSPS) is 23.4. The molecule has 0 bridgehead atoms. The van der Waals surface area contributed by atoms with Crippen molar-refractivity contribution in [2.75, 3.05) is 13.1 Å². The number of piperidine rings is 1. The van der Waals surface area contributed by atoms with Gasteiger partial charge >= 0.3 is 11.9 Å². The zero-order chi connectivity index (χ0) is 13.7. The Morgan fingerprint density at radius 1 is 1.22 bits per heavy atom. The van der Waals surface area contributed by atoms with Gasteiger partial charge in [-0.3, -0.25) is 14.4 Å². The lowest BCUT2D eigenvalue weighted by Crippen LogP contribution is -2.48. The Labute approximate surface area is 105 Å². The molecule has 1 aliphatic heterocycles. The molecule has 0 aromatic heterocycles. The van der Waals surface area contributed by atoms with Gasteiger partial charge in [0.25, 0.3) is 0 Å². The molecule has 6 nitrogen and oxygen atoms in total. The summed E-state index contributed by atoms with van der Waals surface area (Å²) in [5.74, 6) is -4.36. The van der Waals surface area contributed by atoms with Crippen LogP contribution < -0.4 is 0 Å². The maximum absolute atomic E-state index is 11.7. The first-order chi connectivity index (χ1) is 8.47. The molecule has 18 heavy (non-hydrogen) atoms. The predicted octanol–water partition coefficient (Wildman–Crippen LogP) is 0.587. The summed E-state index contributed by atoms with van der Waals surface area (Å²) < 4.78 is 0. The Balaban J connectivity index is 2.68. The molecular weight excluding hydrogens is 238 g/mol. The van der Waals surface area contributed by atoms with E-state index in [0.29, 0.717) is 13.0 Å². The number of hydrogen-bond donors (Lipinski definition) is 2. The van der Waals surface area contributed by atoms with E-state index in [-0.39, 0.29) is 25.3 Å². The summed E-state index contributed by atoms with van der Waals surface area (Å²) in [6.07, 6.45) is 2.63. The van der Waals surface area contributed by atoms with E-state index >= 15 is 0 Å². The maximum Gasteiger partial charge on any atom is 0.309 e.